The van der Waals surface area contributed by atoms with Crippen LogP contribution < -0.4 is 10.5 Å². The molecule has 0 fully saturated rings. The highest BCUT2D eigenvalue weighted by Crippen LogP contribution is 2.22. The maximum absolute atomic E-state index is 5.78. The molecule has 0 saturated heterocycles. The quantitative estimate of drug-likeness (QED) is 0.805. The SMILES string of the molecule is CCOc1ccc(C(C)CC(C)N)cc1. The fourth-order valence-electron chi connectivity index (χ4n) is 1.75. The van der Waals surface area contributed by atoms with Crippen LogP contribution in [-0.2, 0) is 0 Å². The maximum atomic E-state index is 5.78. The highest BCUT2D eigenvalue weighted by molar-refractivity contribution is 5.29. The van der Waals surface area contributed by atoms with Crippen LogP contribution in [-0.4, -0.2) is 12.6 Å². The minimum Gasteiger partial charge on any atom is -0.494 e. The molecule has 1 aromatic carbocycles. The molecule has 15 heavy (non-hydrogen) atoms. The number of hydrogen-bond acceptors (Lipinski definition) is 2. The van der Waals surface area contributed by atoms with Crippen molar-refractivity contribution in [1.29, 1.82) is 0 Å². The van der Waals surface area contributed by atoms with E-state index in [1.807, 2.05) is 26.0 Å². The van der Waals surface area contributed by atoms with Gasteiger partial charge in [-0.3, -0.25) is 0 Å². The Kier molecular flexibility index (Phi) is 4.63. The minimum atomic E-state index is 0.256. The predicted octanol–water partition coefficient (Wildman–Crippen LogP) is 2.93. The van der Waals surface area contributed by atoms with E-state index in [0.717, 1.165) is 12.2 Å². The zero-order valence-electron chi connectivity index (χ0n) is 9.86. The largest absolute Gasteiger partial charge is 0.494 e. The summed E-state index contributed by atoms with van der Waals surface area (Å²) < 4.78 is 5.40. The number of ether oxygens (including phenoxy) is 1. The number of hydrogen-bond donors (Lipinski definition) is 1. The van der Waals surface area contributed by atoms with Crippen LogP contribution in [0, 0.1) is 0 Å². The molecule has 0 radical (unpaired) electrons. The van der Waals surface area contributed by atoms with Gasteiger partial charge in [-0.15, -0.1) is 0 Å². The van der Waals surface area contributed by atoms with E-state index in [4.69, 9.17) is 10.5 Å². The van der Waals surface area contributed by atoms with Crippen molar-refractivity contribution in [3.63, 3.8) is 0 Å². The molecule has 0 amide bonds. The first-order chi connectivity index (χ1) is 7.13. The number of rotatable bonds is 5. The predicted molar refractivity (Wildman–Crippen MR) is 64.3 cm³/mol. The first-order valence-corrected chi connectivity index (χ1v) is 5.61. The summed E-state index contributed by atoms with van der Waals surface area (Å²) >= 11 is 0. The van der Waals surface area contributed by atoms with Crippen molar-refractivity contribution in [2.24, 2.45) is 5.73 Å². The first kappa shape index (κ1) is 12.1. The van der Waals surface area contributed by atoms with Gasteiger partial charge in [-0.05, 0) is 43.9 Å². The van der Waals surface area contributed by atoms with Crippen molar-refractivity contribution in [2.75, 3.05) is 6.61 Å². The van der Waals surface area contributed by atoms with Crippen molar-refractivity contribution in [3.8, 4) is 5.75 Å². The monoisotopic (exact) mass is 207 g/mol. The van der Waals surface area contributed by atoms with Gasteiger partial charge in [0.2, 0.25) is 0 Å². The van der Waals surface area contributed by atoms with E-state index >= 15 is 0 Å². The van der Waals surface area contributed by atoms with Crippen LogP contribution in [0.25, 0.3) is 0 Å². The summed E-state index contributed by atoms with van der Waals surface area (Å²) in [6.45, 7) is 6.96. The molecule has 0 saturated carbocycles. The number of nitrogens with two attached hydrogens (primary N) is 1. The van der Waals surface area contributed by atoms with Crippen LogP contribution in [0.4, 0.5) is 0 Å². The van der Waals surface area contributed by atoms with Crippen LogP contribution in [0.15, 0.2) is 24.3 Å². The molecule has 1 rings (SSSR count). The Hall–Kier alpha value is -1.02. The van der Waals surface area contributed by atoms with Crippen molar-refractivity contribution in [3.05, 3.63) is 29.8 Å². The second-order valence-corrected chi connectivity index (χ2v) is 4.12. The molecular weight excluding hydrogens is 186 g/mol. The van der Waals surface area contributed by atoms with Crippen molar-refractivity contribution >= 4 is 0 Å². The Morgan fingerprint density at radius 2 is 1.80 bits per heavy atom. The molecule has 0 spiro atoms. The molecule has 0 aliphatic rings. The van der Waals surface area contributed by atoms with E-state index in [1.165, 1.54) is 5.56 Å². The normalized spacial score (nSPS) is 14.7. The molecule has 2 nitrogen and oxygen atoms in total. The van der Waals surface area contributed by atoms with Crippen LogP contribution >= 0.6 is 0 Å². The van der Waals surface area contributed by atoms with Gasteiger partial charge < -0.3 is 10.5 Å². The topological polar surface area (TPSA) is 35.2 Å². The molecule has 0 bridgehead atoms. The van der Waals surface area contributed by atoms with E-state index in [0.29, 0.717) is 12.5 Å². The summed E-state index contributed by atoms with van der Waals surface area (Å²) in [5.74, 6) is 1.45. The average molecular weight is 207 g/mol. The lowest BCUT2D eigenvalue weighted by atomic mass is 9.95. The van der Waals surface area contributed by atoms with Gasteiger partial charge >= 0.3 is 0 Å². The molecule has 2 N–H and O–H groups in total. The Labute approximate surface area is 92.4 Å². The van der Waals surface area contributed by atoms with Gasteiger partial charge in [0, 0.05) is 6.04 Å². The molecule has 2 unspecified atom stereocenters. The highest BCUT2D eigenvalue weighted by Gasteiger charge is 2.07. The Bertz CT molecular complexity index is 279. The lowest BCUT2D eigenvalue weighted by Crippen LogP contribution is -2.17. The zero-order valence-corrected chi connectivity index (χ0v) is 9.86. The third-order valence-electron chi connectivity index (χ3n) is 2.49. The lowest BCUT2D eigenvalue weighted by Gasteiger charge is -2.14. The summed E-state index contributed by atoms with van der Waals surface area (Å²) in [5, 5.41) is 0. The van der Waals surface area contributed by atoms with E-state index in [1.54, 1.807) is 0 Å². The summed E-state index contributed by atoms with van der Waals surface area (Å²) in [6, 6.07) is 8.55. The summed E-state index contributed by atoms with van der Waals surface area (Å²) in [5.41, 5.74) is 7.11. The molecule has 0 heterocycles. The summed E-state index contributed by atoms with van der Waals surface area (Å²) in [4.78, 5) is 0. The summed E-state index contributed by atoms with van der Waals surface area (Å²) in [7, 11) is 0. The van der Waals surface area contributed by atoms with Gasteiger partial charge in [0.1, 0.15) is 5.75 Å². The van der Waals surface area contributed by atoms with Crippen LogP contribution in [0.5, 0.6) is 5.75 Å². The lowest BCUT2D eigenvalue weighted by molar-refractivity contribution is 0.340. The second kappa shape index (κ2) is 5.76. The molecular formula is C13H21NO. The van der Waals surface area contributed by atoms with Crippen LogP contribution in [0.1, 0.15) is 38.7 Å². The van der Waals surface area contributed by atoms with Gasteiger partial charge in [0.05, 0.1) is 6.61 Å². The van der Waals surface area contributed by atoms with E-state index in [9.17, 15) is 0 Å². The van der Waals surface area contributed by atoms with Crippen molar-refractivity contribution in [2.45, 2.75) is 39.2 Å². The van der Waals surface area contributed by atoms with Crippen molar-refractivity contribution < 1.29 is 4.74 Å². The van der Waals surface area contributed by atoms with Gasteiger partial charge in [-0.2, -0.15) is 0 Å². The van der Waals surface area contributed by atoms with E-state index < -0.39 is 0 Å². The van der Waals surface area contributed by atoms with Crippen molar-refractivity contribution in [1.82, 2.24) is 0 Å². The van der Waals surface area contributed by atoms with Gasteiger partial charge in [-0.25, -0.2) is 0 Å². The van der Waals surface area contributed by atoms with Crippen LogP contribution in [0.2, 0.25) is 0 Å². The fraction of sp³-hybridized carbons (Fsp3) is 0.538. The average Bonchev–Trinajstić information content (AvgIpc) is 2.18. The van der Waals surface area contributed by atoms with E-state index in [2.05, 4.69) is 19.1 Å². The molecule has 0 aromatic heterocycles. The van der Waals surface area contributed by atoms with E-state index in [-0.39, 0.29) is 6.04 Å². The molecule has 1 aromatic rings. The Morgan fingerprint density at radius 3 is 2.27 bits per heavy atom. The van der Waals surface area contributed by atoms with Gasteiger partial charge in [-0.1, -0.05) is 19.1 Å². The highest BCUT2D eigenvalue weighted by atomic mass is 16.5. The second-order valence-electron chi connectivity index (χ2n) is 4.12. The Morgan fingerprint density at radius 1 is 1.20 bits per heavy atom. The zero-order chi connectivity index (χ0) is 11.3. The van der Waals surface area contributed by atoms with Gasteiger partial charge in [0.15, 0.2) is 0 Å². The third kappa shape index (κ3) is 3.92. The molecule has 2 atom stereocenters. The Balaban J connectivity index is 2.62. The molecule has 2 heteroatoms. The molecule has 0 aliphatic carbocycles. The minimum absolute atomic E-state index is 0.256. The third-order valence-corrected chi connectivity index (χ3v) is 2.49. The summed E-state index contributed by atoms with van der Waals surface area (Å²) in [6.07, 6.45) is 1.02. The standard InChI is InChI=1S/C13H21NO/c1-4-15-13-7-5-12(6-8-13)10(2)9-11(3)14/h5-8,10-11H,4,9,14H2,1-3H3. The van der Waals surface area contributed by atoms with Crippen LogP contribution in [0.3, 0.4) is 0 Å². The maximum Gasteiger partial charge on any atom is 0.119 e. The fourth-order valence-corrected chi connectivity index (χ4v) is 1.75. The first-order valence-electron chi connectivity index (χ1n) is 5.61. The molecule has 84 valence electrons. The smallest absolute Gasteiger partial charge is 0.119 e. The number of benzene rings is 1. The molecule has 0 aliphatic heterocycles. The van der Waals surface area contributed by atoms with Gasteiger partial charge in [0.25, 0.3) is 0 Å².